The number of tetrazole rings is 1. The van der Waals surface area contributed by atoms with Crippen LogP contribution < -0.4 is 5.73 Å². The van der Waals surface area contributed by atoms with Crippen LogP contribution in [0.25, 0.3) is 5.69 Å². The van der Waals surface area contributed by atoms with E-state index in [9.17, 15) is 4.79 Å². The summed E-state index contributed by atoms with van der Waals surface area (Å²) in [7, 11) is 0. The Hall–Kier alpha value is -1.74. The summed E-state index contributed by atoms with van der Waals surface area (Å²) >= 11 is 0. The highest BCUT2D eigenvalue weighted by Crippen LogP contribution is 2.12. The number of para-hydroxylation sites is 1. The van der Waals surface area contributed by atoms with E-state index in [1.807, 2.05) is 42.2 Å². The fourth-order valence-corrected chi connectivity index (χ4v) is 2.81. The average molecular weight is 402 g/mol. The fourth-order valence-electron chi connectivity index (χ4n) is 2.81. The highest BCUT2D eigenvalue weighted by molar-refractivity contribution is 5.85. The van der Waals surface area contributed by atoms with E-state index in [1.165, 1.54) is 0 Å². The number of piperazine rings is 1. The quantitative estimate of drug-likeness (QED) is 0.793. The van der Waals surface area contributed by atoms with Gasteiger partial charge in [-0.15, -0.1) is 29.9 Å². The van der Waals surface area contributed by atoms with E-state index in [2.05, 4.69) is 20.4 Å². The van der Waals surface area contributed by atoms with E-state index in [4.69, 9.17) is 5.73 Å². The Labute approximate surface area is 165 Å². The van der Waals surface area contributed by atoms with Gasteiger partial charge >= 0.3 is 0 Å². The molecule has 1 aromatic carbocycles. The second-order valence-electron chi connectivity index (χ2n) is 6.08. The zero-order chi connectivity index (χ0) is 16.9. The number of carbonyl (C=O) groups excluding carboxylic acids is 1. The van der Waals surface area contributed by atoms with Crippen LogP contribution in [0.4, 0.5) is 0 Å². The van der Waals surface area contributed by atoms with Gasteiger partial charge in [-0.25, -0.2) is 0 Å². The summed E-state index contributed by atoms with van der Waals surface area (Å²) in [5.41, 5.74) is 6.53. The molecule has 1 unspecified atom stereocenters. The molecule has 1 aliphatic rings. The number of nitrogens with zero attached hydrogens (tertiary/aromatic N) is 6. The van der Waals surface area contributed by atoms with Gasteiger partial charge in [0.25, 0.3) is 0 Å². The first kappa shape index (κ1) is 22.3. The monoisotopic (exact) mass is 401 g/mol. The molecule has 26 heavy (non-hydrogen) atoms. The maximum atomic E-state index is 12.2. The van der Waals surface area contributed by atoms with Gasteiger partial charge in [0.15, 0.2) is 5.82 Å². The van der Waals surface area contributed by atoms with Crippen LogP contribution >= 0.6 is 24.8 Å². The Morgan fingerprint density at radius 3 is 2.42 bits per heavy atom. The molecule has 2 aromatic rings. The number of amides is 1. The number of carbonyl (C=O) groups is 1. The van der Waals surface area contributed by atoms with Crippen molar-refractivity contribution < 1.29 is 4.79 Å². The van der Waals surface area contributed by atoms with Gasteiger partial charge in [-0.1, -0.05) is 25.1 Å². The lowest BCUT2D eigenvalue weighted by atomic mass is 10.1. The van der Waals surface area contributed by atoms with Crippen LogP contribution in [0.3, 0.4) is 0 Å². The molecule has 2 N–H and O–H groups in total. The topological polar surface area (TPSA) is 93.2 Å². The van der Waals surface area contributed by atoms with Gasteiger partial charge in [-0.2, -0.15) is 4.68 Å². The summed E-state index contributed by atoms with van der Waals surface area (Å²) in [5, 5.41) is 12.0. The average Bonchev–Trinajstić information content (AvgIpc) is 3.10. The summed E-state index contributed by atoms with van der Waals surface area (Å²) in [4.78, 5) is 16.3. The molecule has 144 valence electrons. The molecule has 1 aliphatic heterocycles. The van der Waals surface area contributed by atoms with Gasteiger partial charge in [0, 0.05) is 38.6 Å². The molecule has 3 rings (SSSR count). The molecule has 0 radical (unpaired) electrons. The van der Waals surface area contributed by atoms with Crippen molar-refractivity contribution in [2.75, 3.05) is 32.7 Å². The standard InChI is InChI=1S/C16H23N7O.2ClH/c1-13(11-17)16(24)22-9-7-21(8-10-22)12-15-18-19-20-23(15)14-5-3-2-4-6-14;;/h2-6,13H,7-12,17H2,1H3;2*1H. The number of rotatable bonds is 5. The summed E-state index contributed by atoms with van der Waals surface area (Å²) in [6.45, 7) is 5.99. The Morgan fingerprint density at radius 2 is 1.81 bits per heavy atom. The molecule has 10 heteroatoms. The minimum Gasteiger partial charge on any atom is -0.340 e. The zero-order valence-electron chi connectivity index (χ0n) is 14.7. The van der Waals surface area contributed by atoms with Crippen LogP contribution in [-0.4, -0.2) is 68.6 Å². The minimum atomic E-state index is -0.109. The molecule has 1 fully saturated rings. The van der Waals surface area contributed by atoms with Crippen molar-refractivity contribution in [3.05, 3.63) is 36.2 Å². The molecule has 1 atom stereocenters. The van der Waals surface area contributed by atoms with Crippen LogP contribution in [0.5, 0.6) is 0 Å². The summed E-state index contributed by atoms with van der Waals surface area (Å²) in [6.07, 6.45) is 0. The molecule has 1 aromatic heterocycles. The second-order valence-corrected chi connectivity index (χ2v) is 6.08. The Bertz CT molecular complexity index is 674. The predicted octanol–water partition coefficient (Wildman–Crippen LogP) is 0.745. The third-order valence-corrected chi connectivity index (χ3v) is 4.36. The van der Waals surface area contributed by atoms with Crippen LogP contribution in [0.2, 0.25) is 0 Å². The van der Waals surface area contributed by atoms with Crippen LogP contribution in [0.1, 0.15) is 12.7 Å². The largest absolute Gasteiger partial charge is 0.340 e. The van der Waals surface area contributed by atoms with E-state index in [-0.39, 0.29) is 36.6 Å². The molecule has 0 aliphatic carbocycles. The van der Waals surface area contributed by atoms with Gasteiger partial charge in [0.1, 0.15) is 0 Å². The van der Waals surface area contributed by atoms with Gasteiger partial charge in [0.2, 0.25) is 5.91 Å². The molecular weight excluding hydrogens is 377 g/mol. The van der Waals surface area contributed by atoms with Crippen molar-refractivity contribution in [3.63, 3.8) is 0 Å². The van der Waals surface area contributed by atoms with Crippen molar-refractivity contribution in [3.8, 4) is 5.69 Å². The van der Waals surface area contributed by atoms with Crippen molar-refractivity contribution >= 4 is 30.7 Å². The zero-order valence-corrected chi connectivity index (χ0v) is 16.3. The van der Waals surface area contributed by atoms with E-state index >= 15 is 0 Å². The lowest BCUT2D eigenvalue weighted by Crippen LogP contribution is -2.50. The minimum absolute atomic E-state index is 0. The van der Waals surface area contributed by atoms with Crippen LogP contribution in [-0.2, 0) is 11.3 Å². The SMILES string of the molecule is CC(CN)C(=O)N1CCN(Cc2nnnn2-c2ccccc2)CC1.Cl.Cl. The van der Waals surface area contributed by atoms with Gasteiger partial charge in [-0.05, 0) is 22.6 Å². The maximum Gasteiger partial charge on any atom is 0.226 e. The van der Waals surface area contributed by atoms with E-state index < -0.39 is 0 Å². The first-order valence-electron chi connectivity index (χ1n) is 8.23. The number of nitrogens with two attached hydrogens (primary N) is 1. The number of benzene rings is 1. The van der Waals surface area contributed by atoms with Crippen LogP contribution in [0, 0.1) is 5.92 Å². The Kier molecular flexibility index (Phi) is 8.94. The van der Waals surface area contributed by atoms with Gasteiger partial charge in [-0.3, -0.25) is 9.69 Å². The Balaban J connectivity index is 0.00000169. The number of hydrogen-bond donors (Lipinski definition) is 1. The second kappa shape index (κ2) is 10.4. The third kappa shape index (κ3) is 5.14. The van der Waals surface area contributed by atoms with Gasteiger partial charge in [0.05, 0.1) is 12.2 Å². The lowest BCUT2D eigenvalue weighted by Gasteiger charge is -2.35. The third-order valence-electron chi connectivity index (χ3n) is 4.36. The normalized spacial score (nSPS) is 15.7. The first-order chi connectivity index (χ1) is 11.7. The van der Waals surface area contributed by atoms with Crippen molar-refractivity contribution in [1.29, 1.82) is 0 Å². The molecule has 0 saturated carbocycles. The maximum absolute atomic E-state index is 12.2. The molecule has 1 saturated heterocycles. The van der Waals surface area contributed by atoms with Crippen molar-refractivity contribution in [2.45, 2.75) is 13.5 Å². The predicted molar refractivity (Wildman–Crippen MR) is 104 cm³/mol. The number of aromatic nitrogens is 4. The highest BCUT2D eigenvalue weighted by atomic mass is 35.5. The smallest absolute Gasteiger partial charge is 0.226 e. The molecule has 1 amide bonds. The summed E-state index contributed by atoms with van der Waals surface area (Å²) in [5.74, 6) is 0.838. The summed E-state index contributed by atoms with van der Waals surface area (Å²) in [6, 6.07) is 9.84. The number of hydrogen-bond acceptors (Lipinski definition) is 6. The molecule has 8 nitrogen and oxygen atoms in total. The molecule has 2 heterocycles. The van der Waals surface area contributed by atoms with Gasteiger partial charge < -0.3 is 10.6 Å². The van der Waals surface area contributed by atoms with E-state index in [1.54, 1.807) is 4.68 Å². The van der Waals surface area contributed by atoms with E-state index in [0.717, 1.165) is 37.7 Å². The lowest BCUT2D eigenvalue weighted by molar-refractivity contribution is -0.136. The number of halogens is 2. The van der Waals surface area contributed by atoms with Crippen molar-refractivity contribution in [2.24, 2.45) is 11.7 Å². The summed E-state index contributed by atoms with van der Waals surface area (Å²) < 4.78 is 1.76. The molecule has 0 bridgehead atoms. The van der Waals surface area contributed by atoms with Crippen LogP contribution in [0.15, 0.2) is 30.3 Å². The van der Waals surface area contributed by atoms with Crippen molar-refractivity contribution in [1.82, 2.24) is 30.0 Å². The van der Waals surface area contributed by atoms with E-state index in [0.29, 0.717) is 13.1 Å². The molecular formula is C16H25Cl2N7O. The molecule has 0 spiro atoms. The Morgan fingerprint density at radius 1 is 1.15 bits per heavy atom. The highest BCUT2D eigenvalue weighted by Gasteiger charge is 2.25. The fraction of sp³-hybridized carbons (Fsp3) is 0.500. The first-order valence-corrected chi connectivity index (χ1v) is 8.23.